The van der Waals surface area contributed by atoms with E-state index in [4.69, 9.17) is 23.2 Å². The van der Waals surface area contributed by atoms with Gasteiger partial charge >= 0.3 is 0 Å². The molecule has 0 amide bonds. The van der Waals surface area contributed by atoms with Crippen molar-refractivity contribution in [1.29, 1.82) is 0 Å². The maximum absolute atomic E-state index is 6.35. The van der Waals surface area contributed by atoms with E-state index >= 15 is 0 Å². The fourth-order valence-corrected chi connectivity index (χ4v) is 3.30. The molecule has 0 saturated carbocycles. The van der Waals surface area contributed by atoms with Crippen LogP contribution in [-0.2, 0) is 6.54 Å². The van der Waals surface area contributed by atoms with Gasteiger partial charge in [0.15, 0.2) is 0 Å². The van der Waals surface area contributed by atoms with Gasteiger partial charge in [-0.25, -0.2) is 0 Å². The van der Waals surface area contributed by atoms with Crippen LogP contribution in [0.1, 0.15) is 22.7 Å². The molecule has 26 heavy (non-hydrogen) atoms. The number of hydrogen-bond donors (Lipinski definition) is 0. The molecule has 3 rings (SSSR count). The molecule has 0 spiro atoms. The van der Waals surface area contributed by atoms with Gasteiger partial charge in [0.2, 0.25) is 0 Å². The van der Waals surface area contributed by atoms with Gasteiger partial charge in [-0.15, -0.1) is 0 Å². The Labute approximate surface area is 165 Å². The molecule has 0 bridgehead atoms. The third-order valence-corrected chi connectivity index (χ3v) is 4.86. The van der Waals surface area contributed by atoms with Crippen molar-refractivity contribution in [2.45, 2.75) is 12.6 Å². The summed E-state index contributed by atoms with van der Waals surface area (Å²) in [6.07, 6.45) is 0. The molecule has 0 aliphatic carbocycles. The topological polar surface area (TPSA) is 3.24 Å². The fourth-order valence-electron chi connectivity index (χ4n) is 2.78. The third-order valence-electron chi connectivity index (χ3n) is 4.15. The molecule has 1 unspecified atom stereocenters. The van der Waals surface area contributed by atoms with Crippen LogP contribution in [0.4, 0.5) is 0 Å². The maximum Gasteiger partial charge on any atom is 0.0975 e. The normalized spacial score (nSPS) is 11.7. The minimum absolute atomic E-state index is 0.0660. The van der Waals surface area contributed by atoms with Crippen LogP contribution in [0.15, 0.2) is 78.9 Å². The zero-order valence-corrected chi connectivity index (χ0v) is 16.0. The largest absolute Gasteiger partial charge is 0.285 e. The van der Waals surface area contributed by atoms with Crippen molar-refractivity contribution < 1.29 is 0 Å². The van der Waals surface area contributed by atoms with E-state index in [9.17, 15) is 0 Å². The predicted octanol–water partition coefficient (Wildman–Crippen LogP) is 6.22. The number of hydrogen-bond acceptors (Lipinski definition) is 1. The zero-order valence-electron chi connectivity index (χ0n) is 14.5. The highest BCUT2D eigenvalue weighted by Gasteiger charge is 2.17. The monoisotopic (exact) mass is 379 g/mol. The van der Waals surface area contributed by atoms with Crippen LogP contribution in [0.25, 0.3) is 0 Å². The Morgan fingerprint density at radius 3 is 2.00 bits per heavy atom. The summed E-state index contributed by atoms with van der Waals surface area (Å²) in [5.41, 5.74) is 3.06. The van der Waals surface area contributed by atoms with Gasteiger partial charge < -0.3 is 0 Å². The average Bonchev–Trinajstić information content (AvgIpc) is 2.67. The van der Waals surface area contributed by atoms with E-state index in [1.54, 1.807) is 0 Å². The molecule has 1 atom stereocenters. The molecule has 3 aromatic carbocycles. The van der Waals surface area contributed by atoms with E-state index in [2.05, 4.69) is 28.9 Å². The molecule has 0 radical (unpaired) electrons. The lowest BCUT2D eigenvalue weighted by Crippen LogP contribution is -2.23. The van der Waals surface area contributed by atoms with E-state index in [-0.39, 0.29) is 6.04 Å². The summed E-state index contributed by atoms with van der Waals surface area (Å²) in [7, 11) is 2.04. The molecule has 0 heterocycles. The van der Waals surface area contributed by atoms with Gasteiger partial charge in [-0.3, -0.25) is 4.90 Å². The van der Waals surface area contributed by atoms with E-state index in [0.717, 1.165) is 16.7 Å². The first-order valence-electron chi connectivity index (χ1n) is 8.40. The van der Waals surface area contributed by atoms with Crippen LogP contribution in [0.2, 0.25) is 10.0 Å². The van der Waals surface area contributed by atoms with Crippen LogP contribution < -0.4 is 0 Å². The smallest absolute Gasteiger partial charge is 0.0975 e. The highest BCUT2D eigenvalue weighted by atomic mass is 35.5. The zero-order chi connectivity index (χ0) is 18.4. The Balaban J connectivity index is 1.92. The van der Waals surface area contributed by atoms with Crippen molar-refractivity contribution in [2.75, 3.05) is 7.05 Å². The van der Waals surface area contributed by atoms with E-state index in [0.29, 0.717) is 16.6 Å². The van der Waals surface area contributed by atoms with Crippen LogP contribution in [-0.4, -0.2) is 11.9 Å². The molecular formula is C23H19Cl2N. The van der Waals surface area contributed by atoms with Crippen molar-refractivity contribution in [3.05, 3.63) is 106 Å². The summed E-state index contributed by atoms with van der Waals surface area (Å²) < 4.78 is 0. The van der Waals surface area contributed by atoms with Gasteiger partial charge in [0.25, 0.3) is 0 Å². The summed E-state index contributed by atoms with van der Waals surface area (Å²) in [6, 6.07) is 25.8. The quantitative estimate of drug-likeness (QED) is 0.486. The number of benzene rings is 3. The first-order valence-corrected chi connectivity index (χ1v) is 9.15. The van der Waals surface area contributed by atoms with Gasteiger partial charge in [0.1, 0.15) is 0 Å². The Hall–Kier alpha value is -2.24. The van der Waals surface area contributed by atoms with Gasteiger partial charge in [-0.05, 0) is 36.9 Å². The summed E-state index contributed by atoms with van der Waals surface area (Å²) in [5, 5.41) is 1.35. The van der Waals surface area contributed by atoms with Crippen LogP contribution in [0.5, 0.6) is 0 Å². The molecule has 0 aliphatic rings. The minimum Gasteiger partial charge on any atom is -0.285 e. The van der Waals surface area contributed by atoms with Crippen molar-refractivity contribution in [3.8, 4) is 11.8 Å². The minimum atomic E-state index is -0.0660. The van der Waals surface area contributed by atoms with Crippen molar-refractivity contribution >= 4 is 23.2 Å². The lowest BCUT2D eigenvalue weighted by molar-refractivity contribution is 0.285. The Bertz CT molecular complexity index is 891. The summed E-state index contributed by atoms with van der Waals surface area (Å²) in [5.74, 6) is 6.68. The maximum atomic E-state index is 6.35. The second-order valence-corrected chi connectivity index (χ2v) is 6.88. The lowest BCUT2D eigenvalue weighted by atomic mass is 10.0. The highest BCUT2D eigenvalue weighted by Crippen LogP contribution is 2.28. The van der Waals surface area contributed by atoms with Crippen LogP contribution >= 0.6 is 23.2 Å². The summed E-state index contributed by atoms with van der Waals surface area (Å²) in [6.45, 7) is 0.613. The van der Waals surface area contributed by atoms with E-state index < -0.39 is 0 Å². The molecular weight excluding hydrogens is 361 g/mol. The second kappa shape index (κ2) is 8.92. The first-order chi connectivity index (χ1) is 12.6. The molecule has 0 fully saturated rings. The standard InChI is InChI=1S/C23H19Cl2N/c1-26(17-20-21(24)13-8-14-22(20)25)23(19-11-6-3-7-12-19)16-15-18-9-4-2-5-10-18/h2-14,23H,17H2,1H3. The Morgan fingerprint density at radius 2 is 1.38 bits per heavy atom. The molecule has 130 valence electrons. The first kappa shape index (κ1) is 18.5. The lowest BCUT2D eigenvalue weighted by Gasteiger charge is -2.25. The van der Waals surface area contributed by atoms with E-state index in [1.807, 2.05) is 73.8 Å². The molecule has 0 aromatic heterocycles. The van der Waals surface area contributed by atoms with Gasteiger partial charge in [-0.2, -0.15) is 0 Å². The number of nitrogens with zero attached hydrogens (tertiary/aromatic N) is 1. The molecule has 3 aromatic rings. The van der Waals surface area contributed by atoms with Crippen molar-refractivity contribution in [3.63, 3.8) is 0 Å². The van der Waals surface area contributed by atoms with Crippen molar-refractivity contribution in [2.24, 2.45) is 0 Å². The number of halogens is 2. The molecule has 0 N–H and O–H groups in total. The van der Waals surface area contributed by atoms with Crippen molar-refractivity contribution in [1.82, 2.24) is 4.90 Å². The van der Waals surface area contributed by atoms with E-state index in [1.165, 1.54) is 0 Å². The highest BCUT2D eigenvalue weighted by molar-refractivity contribution is 6.35. The third kappa shape index (κ3) is 4.68. The molecule has 3 heteroatoms. The van der Waals surface area contributed by atoms with Gasteiger partial charge in [0, 0.05) is 27.7 Å². The summed E-state index contributed by atoms with van der Waals surface area (Å²) in [4.78, 5) is 2.17. The SMILES string of the molecule is CN(Cc1c(Cl)cccc1Cl)C(C#Cc1ccccc1)c1ccccc1. The molecule has 0 saturated heterocycles. The Morgan fingerprint density at radius 1 is 0.808 bits per heavy atom. The van der Waals surface area contributed by atoms with Crippen LogP contribution in [0.3, 0.4) is 0 Å². The second-order valence-electron chi connectivity index (χ2n) is 6.06. The average molecular weight is 380 g/mol. The molecule has 1 nitrogen and oxygen atoms in total. The van der Waals surface area contributed by atoms with Gasteiger partial charge in [0.05, 0.1) is 6.04 Å². The summed E-state index contributed by atoms with van der Waals surface area (Å²) >= 11 is 12.7. The number of rotatable bonds is 4. The molecule has 0 aliphatic heterocycles. The Kier molecular flexibility index (Phi) is 6.36. The predicted molar refractivity (Wildman–Crippen MR) is 110 cm³/mol. The fraction of sp³-hybridized carbons (Fsp3) is 0.130. The van der Waals surface area contributed by atoms with Crippen LogP contribution in [0, 0.1) is 11.8 Å². The van der Waals surface area contributed by atoms with Gasteiger partial charge in [-0.1, -0.05) is 89.6 Å².